The van der Waals surface area contributed by atoms with Crippen LogP contribution in [0.5, 0.6) is 5.75 Å². The number of hydrogen-bond donors (Lipinski definition) is 3. The molecule has 4 aromatic rings. The average molecular weight is 464 g/mol. The molecule has 0 amide bonds. The van der Waals surface area contributed by atoms with Crippen LogP contribution in [0.15, 0.2) is 75.2 Å². The van der Waals surface area contributed by atoms with Gasteiger partial charge in [0, 0.05) is 26.3 Å². The molecule has 0 aliphatic heterocycles. The van der Waals surface area contributed by atoms with E-state index in [9.17, 15) is 9.90 Å². The third-order valence-electron chi connectivity index (χ3n) is 4.15. The second-order valence-corrected chi connectivity index (χ2v) is 8.57. The highest BCUT2D eigenvalue weighted by atomic mass is 35.5. The lowest BCUT2D eigenvalue weighted by Crippen LogP contribution is -2.08. The molecule has 0 aliphatic carbocycles. The molecule has 0 bridgehead atoms. The lowest BCUT2D eigenvalue weighted by atomic mass is 10.2. The predicted octanol–water partition coefficient (Wildman–Crippen LogP) is 7.09. The Balaban J connectivity index is 1.62. The zero-order valence-electron chi connectivity index (χ0n) is 14.7. The van der Waals surface area contributed by atoms with Crippen molar-refractivity contribution in [1.29, 1.82) is 0 Å². The van der Waals surface area contributed by atoms with Gasteiger partial charge in [-0.2, -0.15) is 0 Å². The summed E-state index contributed by atoms with van der Waals surface area (Å²) in [6.45, 7) is 0. The molecule has 0 saturated heterocycles. The molecular formula is C21H13Cl3N2O2S. The quantitative estimate of drug-likeness (QED) is 0.302. The molecular weight excluding hydrogens is 451 g/mol. The molecule has 29 heavy (non-hydrogen) atoms. The van der Waals surface area contributed by atoms with Crippen molar-refractivity contribution in [3.8, 4) is 5.75 Å². The highest BCUT2D eigenvalue weighted by Crippen LogP contribution is 2.40. The first-order valence-corrected chi connectivity index (χ1v) is 10.4. The zero-order valence-corrected chi connectivity index (χ0v) is 17.8. The summed E-state index contributed by atoms with van der Waals surface area (Å²) in [7, 11) is 0. The summed E-state index contributed by atoms with van der Waals surface area (Å²) in [6, 6.07) is 17.9. The Hall–Kier alpha value is -2.31. The number of rotatable bonds is 4. The Kier molecular flexibility index (Phi) is 5.65. The molecule has 146 valence electrons. The van der Waals surface area contributed by atoms with Gasteiger partial charge in [0.2, 0.25) is 0 Å². The Morgan fingerprint density at radius 3 is 2.38 bits per heavy atom. The zero-order chi connectivity index (χ0) is 20.5. The predicted molar refractivity (Wildman–Crippen MR) is 122 cm³/mol. The third kappa shape index (κ3) is 4.33. The largest absolute Gasteiger partial charge is 0.506 e. The van der Waals surface area contributed by atoms with Crippen LogP contribution in [-0.4, -0.2) is 10.1 Å². The van der Waals surface area contributed by atoms with Crippen LogP contribution in [0.2, 0.25) is 15.1 Å². The Morgan fingerprint density at radius 2 is 1.66 bits per heavy atom. The lowest BCUT2D eigenvalue weighted by molar-refractivity contribution is 0.467. The van der Waals surface area contributed by atoms with Crippen molar-refractivity contribution in [1.82, 2.24) is 4.98 Å². The number of aromatic amines is 1. The maximum Gasteiger partial charge on any atom is 0.266 e. The van der Waals surface area contributed by atoms with Gasteiger partial charge < -0.3 is 15.4 Å². The van der Waals surface area contributed by atoms with Crippen LogP contribution < -0.4 is 10.9 Å². The molecule has 8 heteroatoms. The molecule has 0 unspecified atom stereocenters. The highest BCUT2D eigenvalue weighted by molar-refractivity contribution is 7.99. The van der Waals surface area contributed by atoms with Crippen LogP contribution in [0.25, 0.3) is 10.9 Å². The fraction of sp³-hybridized carbons (Fsp3) is 0. The number of fused-ring (bicyclic) bond motifs is 1. The number of aromatic hydroxyl groups is 1. The molecule has 0 atom stereocenters. The van der Waals surface area contributed by atoms with Crippen molar-refractivity contribution in [3.63, 3.8) is 0 Å². The minimum atomic E-state index is -0.417. The Bertz CT molecular complexity index is 1270. The van der Waals surface area contributed by atoms with E-state index in [-0.39, 0.29) is 15.7 Å². The van der Waals surface area contributed by atoms with Gasteiger partial charge in [-0.1, -0.05) is 52.6 Å². The van der Waals surface area contributed by atoms with Gasteiger partial charge in [0.1, 0.15) is 10.6 Å². The van der Waals surface area contributed by atoms with Crippen molar-refractivity contribution in [2.75, 3.05) is 5.32 Å². The van der Waals surface area contributed by atoms with Crippen LogP contribution >= 0.6 is 46.6 Å². The maximum absolute atomic E-state index is 12.5. The average Bonchev–Trinajstić information content (AvgIpc) is 2.65. The van der Waals surface area contributed by atoms with E-state index in [4.69, 9.17) is 34.8 Å². The summed E-state index contributed by atoms with van der Waals surface area (Å²) in [5.74, 6) is -0.170. The Labute approximate surface area is 185 Å². The van der Waals surface area contributed by atoms with Crippen LogP contribution in [0.1, 0.15) is 0 Å². The molecule has 3 aromatic carbocycles. The summed E-state index contributed by atoms with van der Waals surface area (Å²) >= 11 is 19.3. The van der Waals surface area contributed by atoms with Gasteiger partial charge in [0.25, 0.3) is 5.56 Å². The van der Waals surface area contributed by atoms with Gasteiger partial charge in [0.15, 0.2) is 0 Å². The first-order chi connectivity index (χ1) is 13.9. The van der Waals surface area contributed by atoms with Crippen molar-refractivity contribution < 1.29 is 5.11 Å². The fourth-order valence-electron chi connectivity index (χ4n) is 2.86. The van der Waals surface area contributed by atoms with Crippen LogP contribution in [0.4, 0.5) is 11.4 Å². The Morgan fingerprint density at radius 1 is 0.897 bits per heavy atom. The SMILES string of the molecule is O=c1[nH]c2cc(Cl)cc(Cl)c2c(O)c1Sc1ccc(Nc2cccc(Cl)c2)cc1. The van der Waals surface area contributed by atoms with Crippen LogP contribution in [0, 0.1) is 0 Å². The number of pyridine rings is 1. The van der Waals surface area contributed by atoms with Crippen LogP contribution in [-0.2, 0) is 0 Å². The number of hydrogen-bond acceptors (Lipinski definition) is 4. The molecule has 0 aliphatic rings. The number of nitrogens with one attached hydrogen (secondary N) is 2. The van der Waals surface area contributed by atoms with E-state index in [1.54, 1.807) is 12.1 Å². The monoisotopic (exact) mass is 462 g/mol. The van der Waals surface area contributed by atoms with Crippen molar-refractivity contribution in [3.05, 3.63) is 86.1 Å². The molecule has 4 rings (SSSR count). The summed E-state index contributed by atoms with van der Waals surface area (Å²) in [5, 5.41) is 15.5. The van der Waals surface area contributed by atoms with Gasteiger partial charge in [-0.25, -0.2) is 0 Å². The van der Waals surface area contributed by atoms with Gasteiger partial charge in [0.05, 0.1) is 15.9 Å². The topological polar surface area (TPSA) is 65.1 Å². The van der Waals surface area contributed by atoms with E-state index < -0.39 is 5.56 Å². The minimum absolute atomic E-state index is 0.164. The van der Waals surface area contributed by atoms with E-state index in [0.29, 0.717) is 20.9 Å². The normalized spacial score (nSPS) is 11.0. The molecule has 4 nitrogen and oxygen atoms in total. The molecule has 0 saturated carbocycles. The van der Waals surface area contributed by atoms with E-state index >= 15 is 0 Å². The molecule has 1 heterocycles. The van der Waals surface area contributed by atoms with E-state index in [1.165, 1.54) is 6.07 Å². The standard InChI is InChI=1S/C21H13Cl3N2O2S/c22-11-2-1-3-14(8-11)25-13-4-6-15(7-5-13)29-20-19(27)18-16(24)9-12(23)10-17(18)26-21(20)28/h1-10,25H,(H2,26,27,28). The molecule has 0 fully saturated rings. The number of halogens is 3. The van der Waals surface area contributed by atoms with Gasteiger partial charge >= 0.3 is 0 Å². The number of benzene rings is 3. The summed E-state index contributed by atoms with van der Waals surface area (Å²) in [4.78, 5) is 16.1. The van der Waals surface area contributed by atoms with Gasteiger partial charge in [-0.15, -0.1) is 0 Å². The molecule has 3 N–H and O–H groups in total. The maximum atomic E-state index is 12.5. The highest BCUT2D eigenvalue weighted by Gasteiger charge is 2.16. The smallest absolute Gasteiger partial charge is 0.266 e. The van der Waals surface area contributed by atoms with E-state index in [2.05, 4.69) is 10.3 Å². The van der Waals surface area contributed by atoms with Crippen molar-refractivity contribution >= 4 is 68.8 Å². The second-order valence-electron chi connectivity index (χ2n) is 6.20. The molecule has 0 radical (unpaired) electrons. The summed E-state index contributed by atoms with van der Waals surface area (Å²) < 4.78 is 0. The number of H-pyrrole nitrogens is 1. The van der Waals surface area contributed by atoms with Crippen molar-refractivity contribution in [2.24, 2.45) is 0 Å². The van der Waals surface area contributed by atoms with E-state index in [1.807, 2.05) is 42.5 Å². The number of anilines is 2. The summed E-state index contributed by atoms with van der Waals surface area (Å²) in [6.07, 6.45) is 0. The summed E-state index contributed by atoms with van der Waals surface area (Å²) in [5.41, 5.74) is 1.70. The first-order valence-electron chi connectivity index (χ1n) is 8.45. The third-order valence-corrected chi connectivity index (χ3v) is 5.99. The molecule has 0 spiro atoms. The van der Waals surface area contributed by atoms with Gasteiger partial charge in [-0.05, 0) is 54.6 Å². The van der Waals surface area contributed by atoms with Gasteiger partial charge in [-0.3, -0.25) is 4.79 Å². The lowest BCUT2D eigenvalue weighted by Gasteiger charge is -2.10. The first kappa shape index (κ1) is 20.0. The van der Waals surface area contributed by atoms with E-state index in [0.717, 1.165) is 28.0 Å². The molecule has 1 aromatic heterocycles. The van der Waals surface area contributed by atoms with Crippen LogP contribution in [0.3, 0.4) is 0 Å². The second kappa shape index (κ2) is 8.20. The number of aromatic nitrogens is 1. The minimum Gasteiger partial charge on any atom is -0.506 e. The fourth-order valence-corrected chi connectivity index (χ4v) is 4.49. The van der Waals surface area contributed by atoms with Crippen molar-refractivity contribution in [2.45, 2.75) is 9.79 Å².